The molecule has 0 saturated heterocycles. The van der Waals surface area contributed by atoms with Crippen molar-refractivity contribution in [1.29, 1.82) is 0 Å². The van der Waals surface area contributed by atoms with Gasteiger partial charge in [-0.15, -0.1) is 0 Å². The van der Waals surface area contributed by atoms with Gasteiger partial charge in [-0.1, -0.05) is 37.6 Å². The Bertz CT molecular complexity index is 320. The van der Waals surface area contributed by atoms with Crippen LogP contribution in [0.1, 0.15) is 31.4 Å². The Hall–Kier alpha value is -0.530. The Kier molecular flexibility index (Phi) is 4.62. The number of rotatable bonds is 4. The molecule has 2 heteroatoms. The molecule has 15 heavy (non-hydrogen) atoms. The van der Waals surface area contributed by atoms with E-state index in [1.165, 1.54) is 0 Å². The molecule has 0 fully saturated rings. The van der Waals surface area contributed by atoms with Gasteiger partial charge in [-0.05, 0) is 42.9 Å². The average Bonchev–Trinajstić information content (AvgIpc) is 2.10. The highest BCUT2D eigenvalue weighted by Crippen LogP contribution is 2.18. The number of benzene rings is 1. The van der Waals surface area contributed by atoms with Gasteiger partial charge in [0.05, 0.1) is 6.10 Å². The third-order valence-corrected chi connectivity index (χ3v) is 2.86. The van der Waals surface area contributed by atoms with Gasteiger partial charge in [0.25, 0.3) is 0 Å². The van der Waals surface area contributed by atoms with Crippen LogP contribution in [0.3, 0.4) is 0 Å². The summed E-state index contributed by atoms with van der Waals surface area (Å²) in [4.78, 5) is 0. The predicted molar refractivity (Wildman–Crippen MR) is 65.4 cm³/mol. The number of aryl methyl sites for hydroxylation is 1. The van der Waals surface area contributed by atoms with Crippen molar-refractivity contribution in [3.63, 3.8) is 0 Å². The van der Waals surface area contributed by atoms with Gasteiger partial charge in [-0.2, -0.15) is 0 Å². The van der Waals surface area contributed by atoms with Gasteiger partial charge >= 0.3 is 0 Å². The number of hydrogen-bond acceptors (Lipinski definition) is 1. The van der Waals surface area contributed by atoms with E-state index < -0.39 is 0 Å². The molecule has 0 saturated carbocycles. The van der Waals surface area contributed by atoms with E-state index in [-0.39, 0.29) is 6.10 Å². The first-order valence-corrected chi connectivity index (χ1v) is 5.80. The van der Waals surface area contributed by atoms with E-state index in [2.05, 4.69) is 13.8 Å². The number of aliphatic hydroxyl groups is 1. The van der Waals surface area contributed by atoms with Gasteiger partial charge in [0.15, 0.2) is 0 Å². The first-order chi connectivity index (χ1) is 6.99. The minimum atomic E-state index is -0.245. The summed E-state index contributed by atoms with van der Waals surface area (Å²) in [6, 6.07) is 5.93. The van der Waals surface area contributed by atoms with Crippen LogP contribution in [-0.2, 0) is 6.42 Å². The van der Waals surface area contributed by atoms with Crippen LogP contribution in [0.4, 0.5) is 0 Å². The molecule has 0 aromatic heterocycles. The van der Waals surface area contributed by atoms with Crippen LogP contribution >= 0.6 is 11.6 Å². The Balaban J connectivity index is 2.60. The Morgan fingerprint density at radius 1 is 1.33 bits per heavy atom. The standard InChI is InChI=1S/C13H19ClO/c1-9(2)6-12(15)8-11-4-5-13(14)10(3)7-11/h4-5,7,9,12,15H,6,8H2,1-3H3. The molecule has 0 radical (unpaired) electrons. The van der Waals surface area contributed by atoms with Gasteiger partial charge in [-0.25, -0.2) is 0 Å². The van der Waals surface area contributed by atoms with Crippen molar-refractivity contribution < 1.29 is 5.11 Å². The molecule has 0 aliphatic rings. The second-order valence-electron chi connectivity index (χ2n) is 4.57. The van der Waals surface area contributed by atoms with E-state index in [0.29, 0.717) is 5.92 Å². The zero-order valence-electron chi connectivity index (χ0n) is 9.63. The summed E-state index contributed by atoms with van der Waals surface area (Å²) in [5.74, 6) is 0.536. The van der Waals surface area contributed by atoms with E-state index in [1.807, 2.05) is 25.1 Å². The Morgan fingerprint density at radius 3 is 2.53 bits per heavy atom. The Labute approximate surface area is 97.1 Å². The van der Waals surface area contributed by atoms with Gasteiger partial charge in [-0.3, -0.25) is 0 Å². The second kappa shape index (κ2) is 5.53. The molecule has 1 nitrogen and oxygen atoms in total. The van der Waals surface area contributed by atoms with Crippen molar-refractivity contribution in [3.8, 4) is 0 Å². The van der Waals surface area contributed by atoms with Crippen molar-refractivity contribution in [2.45, 2.75) is 39.7 Å². The predicted octanol–water partition coefficient (Wildman–Crippen LogP) is 3.60. The molecule has 0 aliphatic carbocycles. The smallest absolute Gasteiger partial charge is 0.0583 e. The zero-order valence-corrected chi connectivity index (χ0v) is 10.4. The highest BCUT2D eigenvalue weighted by molar-refractivity contribution is 6.31. The van der Waals surface area contributed by atoms with Gasteiger partial charge in [0, 0.05) is 5.02 Å². The molecule has 0 amide bonds. The molecule has 1 rings (SSSR count). The minimum absolute atomic E-state index is 0.245. The minimum Gasteiger partial charge on any atom is -0.393 e. The summed E-state index contributed by atoms with van der Waals surface area (Å²) in [7, 11) is 0. The monoisotopic (exact) mass is 226 g/mol. The normalized spacial score (nSPS) is 13.2. The summed E-state index contributed by atoms with van der Waals surface area (Å²) in [6.45, 7) is 6.23. The highest BCUT2D eigenvalue weighted by Gasteiger charge is 2.08. The summed E-state index contributed by atoms with van der Waals surface area (Å²) in [5, 5.41) is 10.6. The van der Waals surface area contributed by atoms with Crippen molar-refractivity contribution in [1.82, 2.24) is 0 Å². The van der Waals surface area contributed by atoms with Gasteiger partial charge in [0.2, 0.25) is 0 Å². The van der Waals surface area contributed by atoms with Crippen LogP contribution in [0.2, 0.25) is 5.02 Å². The molecule has 1 aromatic rings. The first kappa shape index (κ1) is 12.5. The summed E-state index contributed by atoms with van der Waals surface area (Å²) in [5.41, 5.74) is 2.23. The molecule has 0 bridgehead atoms. The topological polar surface area (TPSA) is 20.2 Å². The van der Waals surface area contributed by atoms with E-state index >= 15 is 0 Å². The van der Waals surface area contributed by atoms with Crippen LogP contribution in [0.15, 0.2) is 18.2 Å². The molecule has 0 aliphatic heterocycles. The summed E-state index contributed by atoms with van der Waals surface area (Å²) >= 11 is 5.94. The van der Waals surface area contributed by atoms with E-state index in [0.717, 1.165) is 29.0 Å². The molecule has 0 spiro atoms. The maximum atomic E-state index is 9.80. The van der Waals surface area contributed by atoms with Crippen LogP contribution < -0.4 is 0 Å². The molecule has 1 N–H and O–H groups in total. The molecule has 1 aromatic carbocycles. The van der Waals surface area contributed by atoms with Crippen molar-refractivity contribution in [2.75, 3.05) is 0 Å². The molecule has 0 heterocycles. The van der Waals surface area contributed by atoms with E-state index in [4.69, 9.17) is 11.6 Å². The highest BCUT2D eigenvalue weighted by atomic mass is 35.5. The lowest BCUT2D eigenvalue weighted by Crippen LogP contribution is -2.13. The number of halogens is 1. The Morgan fingerprint density at radius 2 is 2.00 bits per heavy atom. The maximum Gasteiger partial charge on any atom is 0.0583 e. The van der Waals surface area contributed by atoms with Crippen molar-refractivity contribution in [3.05, 3.63) is 34.3 Å². The van der Waals surface area contributed by atoms with E-state index in [1.54, 1.807) is 0 Å². The molecule has 84 valence electrons. The SMILES string of the molecule is Cc1cc(CC(O)CC(C)C)ccc1Cl. The fourth-order valence-corrected chi connectivity index (χ4v) is 1.85. The van der Waals surface area contributed by atoms with Gasteiger partial charge in [0.1, 0.15) is 0 Å². The van der Waals surface area contributed by atoms with Crippen molar-refractivity contribution in [2.24, 2.45) is 5.92 Å². The van der Waals surface area contributed by atoms with Crippen LogP contribution in [-0.4, -0.2) is 11.2 Å². The third-order valence-electron chi connectivity index (χ3n) is 2.44. The number of aliphatic hydroxyl groups excluding tert-OH is 1. The van der Waals surface area contributed by atoms with Crippen molar-refractivity contribution >= 4 is 11.6 Å². The van der Waals surface area contributed by atoms with Crippen LogP contribution in [0.25, 0.3) is 0 Å². The maximum absolute atomic E-state index is 9.80. The zero-order chi connectivity index (χ0) is 11.4. The third kappa shape index (κ3) is 4.23. The first-order valence-electron chi connectivity index (χ1n) is 5.42. The molecule has 1 unspecified atom stereocenters. The van der Waals surface area contributed by atoms with Crippen LogP contribution in [0.5, 0.6) is 0 Å². The number of hydrogen-bond donors (Lipinski definition) is 1. The summed E-state index contributed by atoms with van der Waals surface area (Å²) < 4.78 is 0. The lowest BCUT2D eigenvalue weighted by molar-refractivity contribution is 0.149. The average molecular weight is 227 g/mol. The fraction of sp³-hybridized carbons (Fsp3) is 0.538. The lowest BCUT2D eigenvalue weighted by Gasteiger charge is -2.13. The molecular formula is C13H19ClO. The van der Waals surface area contributed by atoms with Gasteiger partial charge < -0.3 is 5.11 Å². The fourth-order valence-electron chi connectivity index (χ4n) is 1.73. The van der Waals surface area contributed by atoms with Crippen LogP contribution in [0, 0.1) is 12.8 Å². The lowest BCUT2D eigenvalue weighted by atomic mass is 9.99. The molecular weight excluding hydrogens is 208 g/mol. The van der Waals surface area contributed by atoms with E-state index in [9.17, 15) is 5.11 Å². The second-order valence-corrected chi connectivity index (χ2v) is 4.98. The largest absolute Gasteiger partial charge is 0.393 e. The molecule has 1 atom stereocenters. The summed E-state index contributed by atoms with van der Waals surface area (Å²) in [6.07, 6.45) is 1.32. The quantitative estimate of drug-likeness (QED) is 0.832.